The molecule has 1 aromatic carbocycles. The van der Waals surface area contributed by atoms with Crippen LogP contribution in [0.15, 0.2) is 78.1 Å². The Kier molecular flexibility index (Phi) is 4.95. The van der Waals surface area contributed by atoms with Crippen LogP contribution < -0.4 is 0 Å². The van der Waals surface area contributed by atoms with Crippen molar-refractivity contribution >= 4 is 17.8 Å². The molecule has 0 fully saturated rings. The van der Waals surface area contributed by atoms with E-state index in [0.29, 0.717) is 0 Å². The molecule has 0 bridgehead atoms. The van der Waals surface area contributed by atoms with Crippen LogP contribution in [-0.2, 0) is 0 Å². The van der Waals surface area contributed by atoms with Gasteiger partial charge in [0, 0.05) is 23.7 Å². The SMILES string of the molecule is C(=C\c1ccccc1)/CSc1ccc(-c2cccnc2)nn1. The Balaban J connectivity index is 1.57. The lowest BCUT2D eigenvalue weighted by atomic mass is 10.2. The van der Waals surface area contributed by atoms with Gasteiger partial charge < -0.3 is 0 Å². The fraction of sp³-hybridized carbons (Fsp3) is 0.0556. The van der Waals surface area contributed by atoms with Crippen molar-refractivity contribution < 1.29 is 0 Å². The molecule has 3 rings (SSSR count). The molecule has 0 aliphatic carbocycles. The molecule has 0 amide bonds. The number of pyridine rings is 1. The smallest absolute Gasteiger partial charge is 0.119 e. The van der Waals surface area contributed by atoms with E-state index in [2.05, 4.69) is 39.5 Å². The van der Waals surface area contributed by atoms with Crippen LogP contribution in [0.5, 0.6) is 0 Å². The largest absolute Gasteiger partial charge is 0.264 e. The quantitative estimate of drug-likeness (QED) is 0.657. The lowest BCUT2D eigenvalue weighted by Crippen LogP contribution is -1.90. The van der Waals surface area contributed by atoms with Gasteiger partial charge in [0.25, 0.3) is 0 Å². The maximum absolute atomic E-state index is 4.25. The molecular weight excluding hydrogens is 290 g/mol. The zero-order valence-corrected chi connectivity index (χ0v) is 12.8. The first-order valence-electron chi connectivity index (χ1n) is 7.00. The van der Waals surface area contributed by atoms with Crippen LogP contribution in [0.1, 0.15) is 5.56 Å². The summed E-state index contributed by atoms with van der Waals surface area (Å²) in [5.74, 6) is 0.871. The van der Waals surface area contributed by atoms with Crippen molar-refractivity contribution in [2.75, 3.05) is 5.75 Å². The molecule has 0 N–H and O–H groups in total. The van der Waals surface area contributed by atoms with Crippen molar-refractivity contribution in [3.8, 4) is 11.3 Å². The average molecular weight is 305 g/mol. The number of benzene rings is 1. The van der Waals surface area contributed by atoms with Gasteiger partial charge in [0.2, 0.25) is 0 Å². The molecule has 22 heavy (non-hydrogen) atoms. The summed E-state index contributed by atoms with van der Waals surface area (Å²) in [4.78, 5) is 4.09. The normalized spacial score (nSPS) is 10.9. The molecule has 3 nitrogen and oxygen atoms in total. The third kappa shape index (κ3) is 4.02. The minimum Gasteiger partial charge on any atom is -0.264 e. The number of thioether (sulfide) groups is 1. The molecular formula is C18H15N3S. The number of rotatable bonds is 5. The number of hydrogen-bond acceptors (Lipinski definition) is 4. The van der Waals surface area contributed by atoms with E-state index in [4.69, 9.17) is 0 Å². The molecule has 0 radical (unpaired) electrons. The molecule has 0 atom stereocenters. The van der Waals surface area contributed by atoms with E-state index in [9.17, 15) is 0 Å². The number of aromatic nitrogens is 3. The second-order valence-electron chi connectivity index (χ2n) is 4.62. The number of hydrogen-bond donors (Lipinski definition) is 0. The van der Waals surface area contributed by atoms with Crippen LogP contribution in [0.2, 0.25) is 0 Å². The summed E-state index contributed by atoms with van der Waals surface area (Å²) in [7, 11) is 0. The standard InChI is InChI=1S/C18H15N3S/c1-2-6-15(7-3-1)8-5-13-22-18-11-10-17(20-21-18)16-9-4-12-19-14-16/h1-12,14H,13H2/b8-5+. The summed E-state index contributed by atoms with van der Waals surface area (Å²) >= 11 is 1.67. The maximum Gasteiger partial charge on any atom is 0.119 e. The molecule has 4 heteroatoms. The van der Waals surface area contributed by atoms with E-state index >= 15 is 0 Å². The van der Waals surface area contributed by atoms with E-state index < -0.39 is 0 Å². The molecule has 0 unspecified atom stereocenters. The van der Waals surface area contributed by atoms with Crippen LogP contribution in [-0.4, -0.2) is 20.9 Å². The second kappa shape index (κ2) is 7.52. The van der Waals surface area contributed by atoms with Gasteiger partial charge in [-0.2, -0.15) is 0 Å². The van der Waals surface area contributed by atoms with Crippen molar-refractivity contribution in [2.24, 2.45) is 0 Å². The summed E-state index contributed by atoms with van der Waals surface area (Å²) in [5.41, 5.74) is 3.04. The molecule has 2 aromatic heterocycles. The highest BCUT2D eigenvalue weighted by Crippen LogP contribution is 2.19. The first kappa shape index (κ1) is 14.5. The molecule has 3 aromatic rings. The van der Waals surface area contributed by atoms with Gasteiger partial charge in [0.1, 0.15) is 5.03 Å². The van der Waals surface area contributed by atoms with Gasteiger partial charge >= 0.3 is 0 Å². The minimum absolute atomic E-state index is 0.845. The molecule has 0 saturated carbocycles. The van der Waals surface area contributed by atoms with Gasteiger partial charge in [-0.15, -0.1) is 22.0 Å². The van der Waals surface area contributed by atoms with Crippen molar-refractivity contribution in [1.29, 1.82) is 0 Å². The Labute approximate surface area is 134 Å². The van der Waals surface area contributed by atoms with Crippen LogP contribution >= 0.6 is 11.8 Å². The van der Waals surface area contributed by atoms with Crippen molar-refractivity contribution in [1.82, 2.24) is 15.2 Å². The Morgan fingerprint density at radius 2 is 1.82 bits per heavy atom. The summed E-state index contributed by atoms with van der Waals surface area (Å²) in [6.07, 6.45) is 7.79. The fourth-order valence-corrected chi connectivity index (χ4v) is 2.57. The topological polar surface area (TPSA) is 38.7 Å². The van der Waals surface area contributed by atoms with E-state index in [1.165, 1.54) is 5.56 Å². The molecule has 0 spiro atoms. The highest BCUT2D eigenvalue weighted by atomic mass is 32.2. The minimum atomic E-state index is 0.845. The highest BCUT2D eigenvalue weighted by Gasteiger charge is 2.00. The van der Waals surface area contributed by atoms with Gasteiger partial charge in [-0.1, -0.05) is 42.5 Å². The molecule has 108 valence electrons. The first-order chi connectivity index (χ1) is 10.9. The van der Waals surface area contributed by atoms with Crippen LogP contribution in [0.3, 0.4) is 0 Å². The summed E-state index contributed by atoms with van der Waals surface area (Å²) in [5, 5.41) is 9.42. The zero-order valence-electron chi connectivity index (χ0n) is 12.0. The second-order valence-corrected chi connectivity index (χ2v) is 5.66. The average Bonchev–Trinajstić information content (AvgIpc) is 2.61. The van der Waals surface area contributed by atoms with Gasteiger partial charge in [-0.25, -0.2) is 0 Å². The summed E-state index contributed by atoms with van der Waals surface area (Å²) < 4.78 is 0. The number of nitrogens with zero attached hydrogens (tertiary/aromatic N) is 3. The Morgan fingerprint density at radius 3 is 2.55 bits per heavy atom. The lowest BCUT2D eigenvalue weighted by Gasteiger charge is -2.00. The van der Waals surface area contributed by atoms with Gasteiger partial charge in [0.05, 0.1) is 5.69 Å². The highest BCUT2D eigenvalue weighted by molar-refractivity contribution is 7.99. The Morgan fingerprint density at radius 1 is 0.909 bits per heavy atom. The molecule has 0 saturated heterocycles. The van der Waals surface area contributed by atoms with Crippen LogP contribution in [0, 0.1) is 0 Å². The van der Waals surface area contributed by atoms with Gasteiger partial charge in [-0.05, 0) is 29.8 Å². The molecule has 0 aliphatic rings. The van der Waals surface area contributed by atoms with Crippen LogP contribution in [0.4, 0.5) is 0 Å². The van der Waals surface area contributed by atoms with Gasteiger partial charge in [0.15, 0.2) is 0 Å². The zero-order chi connectivity index (χ0) is 15.0. The molecule has 2 heterocycles. The van der Waals surface area contributed by atoms with E-state index in [1.54, 1.807) is 24.2 Å². The summed E-state index contributed by atoms with van der Waals surface area (Å²) in [6.45, 7) is 0. The van der Waals surface area contributed by atoms with Crippen molar-refractivity contribution in [2.45, 2.75) is 5.03 Å². The first-order valence-corrected chi connectivity index (χ1v) is 7.99. The molecule has 0 aliphatic heterocycles. The van der Waals surface area contributed by atoms with E-state index in [0.717, 1.165) is 22.0 Å². The third-order valence-electron chi connectivity index (χ3n) is 3.03. The predicted molar refractivity (Wildman–Crippen MR) is 91.5 cm³/mol. The van der Waals surface area contributed by atoms with E-state index in [1.807, 2.05) is 42.5 Å². The van der Waals surface area contributed by atoms with Crippen LogP contribution in [0.25, 0.3) is 17.3 Å². The maximum atomic E-state index is 4.25. The van der Waals surface area contributed by atoms with Gasteiger partial charge in [-0.3, -0.25) is 4.98 Å². The van der Waals surface area contributed by atoms with Crippen molar-refractivity contribution in [3.63, 3.8) is 0 Å². The monoisotopic (exact) mass is 305 g/mol. The third-order valence-corrected chi connectivity index (χ3v) is 3.91. The fourth-order valence-electron chi connectivity index (χ4n) is 1.95. The Bertz CT molecular complexity index is 725. The Hall–Kier alpha value is -2.46. The lowest BCUT2D eigenvalue weighted by molar-refractivity contribution is 0.936. The van der Waals surface area contributed by atoms with Crippen molar-refractivity contribution in [3.05, 3.63) is 78.6 Å². The predicted octanol–water partition coefficient (Wildman–Crippen LogP) is 4.34. The van der Waals surface area contributed by atoms with E-state index in [-0.39, 0.29) is 0 Å². The summed E-state index contributed by atoms with van der Waals surface area (Å²) in [6, 6.07) is 18.1.